The number of aryl methyl sites for hydroxylation is 1. The number of aliphatic hydroxyl groups is 1. The van der Waals surface area contributed by atoms with Crippen molar-refractivity contribution in [2.75, 3.05) is 0 Å². The molecule has 1 N–H and O–H groups in total. The van der Waals surface area contributed by atoms with E-state index in [4.69, 9.17) is 23.2 Å². The molecule has 0 radical (unpaired) electrons. The van der Waals surface area contributed by atoms with Crippen LogP contribution in [-0.4, -0.2) is 21.0 Å². The molecule has 1 heterocycles. The van der Waals surface area contributed by atoms with Crippen LogP contribution in [0, 0.1) is 0 Å². The second kappa shape index (κ2) is 5.44. The molecule has 0 amide bonds. The van der Waals surface area contributed by atoms with Crippen LogP contribution in [0.1, 0.15) is 23.2 Å². The number of halogens is 5. The van der Waals surface area contributed by atoms with E-state index in [-0.39, 0.29) is 15.7 Å². The van der Waals surface area contributed by atoms with Crippen LogP contribution >= 0.6 is 23.2 Å². The predicted molar refractivity (Wildman–Crippen MR) is 76.6 cm³/mol. The fourth-order valence-electron chi connectivity index (χ4n) is 2.55. The maximum Gasteiger partial charge on any atom is 0.416 e. The third-order valence-electron chi connectivity index (χ3n) is 3.62. The molecule has 2 aromatic rings. The van der Waals surface area contributed by atoms with Gasteiger partial charge in [-0.15, -0.1) is 0 Å². The Morgan fingerprint density at radius 3 is 2.45 bits per heavy atom. The van der Waals surface area contributed by atoms with E-state index < -0.39 is 17.8 Å². The Morgan fingerprint density at radius 1 is 1.23 bits per heavy atom. The Hall–Kier alpha value is -1.24. The van der Waals surface area contributed by atoms with Gasteiger partial charge in [-0.25, -0.2) is 4.68 Å². The molecule has 0 bridgehead atoms. The zero-order valence-electron chi connectivity index (χ0n) is 11.2. The monoisotopic (exact) mass is 350 g/mol. The van der Waals surface area contributed by atoms with Crippen LogP contribution in [0.2, 0.25) is 10.0 Å². The largest absolute Gasteiger partial charge is 0.416 e. The summed E-state index contributed by atoms with van der Waals surface area (Å²) in [7, 11) is 0. The van der Waals surface area contributed by atoms with Gasteiger partial charge in [-0.05, 0) is 30.5 Å². The summed E-state index contributed by atoms with van der Waals surface area (Å²) in [6.45, 7) is 0. The van der Waals surface area contributed by atoms with Crippen molar-refractivity contribution in [1.29, 1.82) is 0 Å². The number of fused-ring (bicyclic) bond motifs is 1. The first kappa shape index (κ1) is 15.6. The molecule has 0 fully saturated rings. The topological polar surface area (TPSA) is 38.1 Å². The average molecular weight is 351 g/mol. The summed E-state index contributed by atoms with van der Waals surface area (Å²) in [5.74, 6) is 0. The number of alkyl halides is 3. The quantitative estimate of drug-likeness (QED) is 0.842. The predicted octanol–water partition coefficient (Wildman–Crippen LogP) is 4.05. The van der Waals surface area contributed by atoms with Gasteiger partial charge < -0.3 is 5.11 Å². The van der Waals surface area contributed by atoms with E-state index >= 15 is 0 Å². The van der Waals surface area contributed by atoms with E-state index in [0.717, 1.165) is 23.4 Å². The van der Waals surface area contributed by atoms with Crippen LogP contribution in [0.5, 0.6) is 0 Å². The van der Waals surface area contributed by atoms with E-state index in [1.165, 1.54) is 4.68 Å². The fourth-order valence-corrected chi connectivity index (χ4v) is 3.21. The lowest BCUT2D eigenvalue weighted by Gasteiger charge is -2.14. The minimum absolute atomic E-state index is 0.125. The summed E-state index contributed by atoms with van der Waals surface area (Å²) >= 11 is 11.9. The molecule has 0 spiro atoms. The van der Waals surface area contributed by atoms with Crippen LogP contribution in [0.3, 0.4) is 0 Å². The Kier molecular flexibility index (Phi) is 3.87. The molecule has 22 heavy (non-hydrogen) atoms. The average Bonchev–Trinajstić information content (AvgIpc) is 2.79. The zero-order chi connectivity index (χ0) is 16.1. The van der Waals surface area contributed by atoms with Crippen molar-refractivity contribution in [2.24, 2.45) is 0 Å². The number of hydrogen-bond acceptors (Lipinski definition) is 2. The smallest absolute Gasteiger partial charge is 0.393 e. The molecule has 1 aliphatic carbocycles. The molecule has 0 aliphatic heterocycles. The van der Waals surface area contributed by atoms with Crippen LogP contribution < -0.4 is 0 Å². The lowest BCUT2D eigenvalue weighted by atomic mass is 9.96. The number of benzene rings is 1. The van der Waals surface area contributed by atoms with Crippen molar-refractivity contribution < 1.29 is 18.3 Å². The minimum atomic E-state index is -4.51. The first-order chi connectivity index (χ1) is 10.3. The molecule has 1 atom stereocenters. The van der Waals surface area contributed by atoms with Gasteiger partial charge in [0.25, 0.3) is 0 Å². The van der Waals surface area contributed by atoms with Gasteiger partial charge in [-0.3, -0.25) is 0 Å². The standard InChI is InChI=1S/C14H11Cl2F3N2O/c15-10-4-8(14(17,18)19)5-11(16)13(10)21-6-7-3-9(22)1-2-12(7)20-21/h4-6,9,22H,1-3H2. The van der Waals surface area contributed by atoms with Gasteiger partial charge >= 0.3 is 6.18 Å². The van der Waals surface area contributed by atoms with E-state index in [0.29, 0.717) is 19.3 Å². The Bertz CT molecular complexity index is 704. The molecular formula is C14H11Cl2F3N2O. The highest BCUT2D eigenvalue weighted by molar-refractivity contribution is 6.37. The van der Waals surface area contributed by atoms with E-state index in [9.17, 15) is 18.3 Å². The highest BCUT2D eigenvalue weighted by Gasteiger charge is 2.32. The summed E-state index contributed by atoms with van der Waals surface area (Å²) in [4.78, 5) is 0. The summed E-state index contributed by atoms with van der Waals surface area (Å²) < 4.78 is 39.6. The van der Waals surface area contributed by atoms with Crippen molar-refractivity contribution in [1.82, 2.24) is 9.78 Å². The van der Waals surface area contributed by atoms with Gasteiger partial charge in [0.1, 0.15) is 5.69 Å². The van der Waals surface area contributed by atoms with Gasteiger partial charge in [-0.1, -0.05) is 23.2 Å². The highest BCUT2D eigenvalue weighted by atomic mass is 35.5. The second-order valence-corrected chi connectivity index (χ2v) is 6.04. The maximum atomic E-state index is 12.7. The van der Waals surface area contributed by atoms with E-state index in [1.54, 1.807) is 6.20 Å². The Labute approximate surface area is 134 Å². The van der Waals surface area contributed by atoms with Gasteiger partial charge in [0.05, 0.1) is 27.4 Å². The third-order valence-corrected chi connectivity index (χ3v) is 4.20. The lowest BCUT2D eigenvalue weighted by molar-refractivity contribution is -0.137. The van der Waals surface area contributed by atoms with Gasteiger partial charge in [0.15, 0.2) is 0 Å². The number of rotatable bonds is 1. The lowest BCUT2D eigenvalue weighted by Crippen LogP contribution is -2.17. The number of nitrogens with zero attached hydrogens (tertiary/aromatic N) is 2. The van der Waals surface area contributed by atoms with Crippen molar-refractivity contribution in [3.05, 3.63) is 45.2 Å². The number of aromatic nitrogens is 2. The Morgan fingerprint density at radius 2 is 1.86 bits per heavy atom. The SMILES string of the molecule is OC1CCc2nn(-c3c(Cl)cc(C(F)(F)F)cc3Cl)cc2C1. The molecule has 0 saturated heterocycles. The van der Waals surface area contributed by atoms with Crippen molar-refractivity contribution >= 4 is 23.2 Å². The fraction of sp³-hybridized carbons (Fsp3) is 0.357. The van der Waals surface area contributed by atoms with Crippen LogP contribution in [0.4, 0.5) is 13.2 Å². The van der Waals surface area contributed by atoms with Crippen LogP contribution in [0.25, 0.3) is 5.69 Å². The number of aliphatic hydroxyl groups excluding tert-OH is 1. The molecule has 1 aliphatic rings. The molecule has 1 aromatic carbocycles. The highest BCUT2D eigenvalue weighted by Crippen LogP contribution is 2.37. The van der Waals surface area contributed by atoms with Crippen molar-refractivity contribution in [3.8, 4) is 5.69 Å². The Balaban J connectivity index is 2.06. The number of hydrogen-bond donors (Lipinski definition) is 1. The van der Waals surface area contributed by atoms with E-state index in [2.05, 4.69) is 5.10 Å². The molecule has 8 heteroatoms. The minimum Gasteiger partial charge on any atom is -0.393 e. The molecule has 3 rings (SSSR count). The molecule has 0 saturated carbocycles. The molecule has 118 valence electrons. The maximum absolute atomic E-state index is 12.7. The van der Waals surface area contributed by atoms with Gasteiger partial charge in [0.2, 0.25) is 0 Å². The second-order valence-electron chi connectivity index (χ2n) is 5.23. The first-order valence-electron chi connectivity index (χ1n) is 6.58. The molecular weight excluding hydrogens is 340 g/mol. The normalized spacial score (nSPS) is 18.4. The molecule has 3 nitrogen and oxygen atoms in total. The molecule has 1 aromatic heterocycles. The van der Waals surface area contributed by atoms with E-state index in [1.807, 2.05) is 0 Å². The summed E-state index contributed by atoms with van der Waals surface area (Å²) in [5.41, 5.74) is 0.960. The van der Waals surface area contributed by atoms with Crippen LogP contribution in [-0.2, 0) is 19.0 Å². The van der Waals surface area contributed by atoms with Gasteiger partial charge in [0, 0.05) is 12.6 Å². The molecule has 1 unspecified atom stereocenters. The van der Waals surface area contributed by atoms with Crippen LogP contribution in [0.15, 0.2) is 18.3 Å². The van der Waals surface area contributed by atoms with Gasteiger partial charge in [-0.2, -0.15) is 18.3 Å². The van der Waals surface area contributed by atoms with Crippen molar-refractivity contribution in [2.45, 2.75) is 31.5 Å². The van der Waals surface area contributed by atoms with Crippen molar-refractivity contribution in [3.63, 3.8) is 0 Å². The third kappa shape index (κ3) is 2.83. The first-order valence-corrected chi connectivity index (χ1v) is 7.33. The summed E-state index contributed by atoms with van der Waals surface area (Å²) in [6.07, 6.45) is -1.61. The zero-order valence-corrected chi connectivity index (χ0v) is 12.7. The summed E-state index contributed by atoms with van der Waals surface area (Å²) in [6, 6.07) is 1.66. The summed E-state index contributed by atoms with van der Waals surface area (Å²) in [5, 5.41) is 13.7.